The van der Waals surface area contributed by atoms with Gasteiger partial charge in [0.05, 0.1) is 6.61 Å². The fourth-order valence-corrected chi connectivity index (χ4v) is 4.13. The van der Waals surface area contributed by atoms with Crippen LogP contribution < -0.4 is 10.1 Å². The molecule has 1 aromatic carbocycles. The molecule has 1 N–H and O–H groups in total. The molecule has 3 heterocycles. The van der Waals surface area contributed by atoms with Crippen LogP contribution in [-0.2, 0) is 13.0 Å². The Kier molecular flexibility index (Phi) is 4.65. The minimum absolute atomic E-state index is 0. The van der Waals surface area contributed by atoms with Gasteiger partial charge in [0, 0.05) is 48.7 Å². The van der Waals surface area contributed by atoms with Crippen molar-refractivity contribution in [1.82, 2.24) is 10.2 Å². The Morgan fingerprint density at radius 3 is 3.00 bits per heavy atom. The first-order chi connectivity index (χ1) is 9.78. The number of hydrogen-bond acceptors (Lipinski definition) is 3. The normalized spacial score (nSPS) is 27.7. The van der Waals surface area contributed by atoms with Crippen molar-refractivity contribution in [1.29, 1.82) is 0 Å². The Morgan fingerprint density at radius 2 is 2.10 bits per heavy atom. The summed E-state index contributed by atoms with van der Waals surface area (Å²) in [7, 11) is 0. The average molecular weight is 329 g/mol. The van der Waals surface area contributed by atoms with Crippen LogP contribution in [0.5, 0.6) is 5.75 Å². The molecule has 0 radical (unpaired) electrons. The van der Waals surface area contributed by atoms with E-state index in [4.69, 9.17) is 16.3 Å². The molecular weight excluding hydrogens is 307 g/mol. The molecule has 0 aliphatic carbocycles. The minimum atomic E-state index is 0. The summed E-state index contributed by atoms with van der Waals surface area (Å²) in [6.45, 7) is 4.09. The second kappa shape index (κ2) is 6.33. The molecule has 4 rings (SSSR count). The minimum Gasteiger partial charge on any atom is -0.493 e. The van der Waals surface area contributed by atoms with Crippen LogP contribution in [0.15, 0.2) is 12.1 Å². The Hall–Kier alpha value is -0.480. The third kappa shape index (κ3) is 3.16. The summed E-state index contributed by atoms with van der Waals surface area (Å²) in [6.07, 6.45) is 4.94. The van der Waals surface area contributed by atoms with Crippen LogP contribution in [0, 0.1) is 0 Å². The zero-order valence-electron chi connectivity index (χ0n) is 12.1. The van der Waals surface area contributed by atoms with Gasteiger partial charge in [0.1, 0.15) is 5.75 Å². The number of fused-ring (bicyclic) bond motifs is 3. The van der Waals surface area contributed by atoms with E-state index in [2.05, 4.69) is 22.3 Å². The van der Waals surface area contributed by atoms with Crippen molar-refractivity contribution in [2.24, 2.45) is 0 Å². The van der Waals surface area contributed by atoms with Gasteiger partial charge in [-0.2, -0.15) is 0 Å². The Bertz CT molecular complexity index is 523. The van der Waals surface area contributed by atoms with E-state index in [9.17, 15) is 0 Å². The molecule has 116 valence electrons. The maximum Gasteiger partial charge on any atom is 0.127 e. The Morgan fingerprint density at radius 1 is 1.24 bits per heavy atom. The maximum atomic E-state index is 6.26. The van der Waals surface area contributed by atoms with Crippen LogP contribution in [0.25, 0.3) is 0 Å². The average Bonchev–Trinajstić information content (AvgIpc) is 2.98. The molecule has 21 heavy (non-hydrogen) atoms. The smallest absolute Gasteiger partial charge is 0.127 e. The summed E-state index contributed by atoms with van der Waals surface area (Å²) in [5.74, 6) is 1.09. The molecule has 3 nitrogen and oxygen atoms in total. The molecule has 2 atom stereocenters. The largest absolute Gasteiger partial charge is 0.493 e. The molecule has 0 saturated carbocycles. The van der Waals surface area contributed by atoms with Crippen LogP contribution in [-0.4, -0.2) is 36.7 Å². The summed E-state index contributed by atoms with van der Waals surface area (Å²) in [6, 6.07) is 5.56. The van der Waals surface area contributed by atoms with Crippen LogP contribution in [0.1, 0.15) is 30.4 Å². The number of nitrogens with zero attached hydrogens (tertiary/aromatic N) is 1. The van der Waals surface area contributed by atoms with Crippen LogP contribution >= 0.6 is 24.0 Å². The number of hydrogen-bond donors (Lipinski definition) is 1. The Labute approximate surface area is 137 Å². The molecule has 5 heteroatoms. The molecule has 0 spiro atoms. The molecule has 3 aliphatic heterocycles. The zero-order valence-corrected chi connectivity index (χ0v) is 13.7. The number of ether oxygens (including phenoxy) is 1. The van der Waals surface area contributed by atoms with E-state index >= 15 is 0 Å². The van der Waals surface area contributed by atoms with Crippen LogP contribution in [0.2, 0.25) is 5.02 Å². The van der Waals surface area contributed by atoms with Gasteiger partial charge in [-0.1, -0.05) is 11.6 Å². The van der Waals surface area contributed by atoms with Crippen molar-refractivity contribution in [2.45, 2.75) is 44.3 Å². The number of rotatable bonds is 2. The van der Waals surface area contributed by atoms with Crippen molar-refractivity contribution in [3.8, 4) is 5.75 Å². The van der Waals surface area contributed by atoms with Gasteiger partial charge in [0.2, 0.25) is 0 Å². The zero-order chi connectivity index (χ0) is 13.5. The molecule has 2 fully saturated rings. The standard InChI is InChI=1S/C16H21ClN2O.ClH/c17-13-7-11-4-6-20-16(11)12(8-13)9-19-5-3-14-1-2-15(10-19)18-14;/h7-8,14-15,18H,1-6,9-10H2;1H. The van der Waals surface area contributed by atoms with Gasteiger partial charge in [0.15, 0.2) is 0 Å². The lowest BCUT2D eigenvalue weighted by atomic mass is 10.1. The van der Waals surface area contributed by atoms with Gasteiger partial charge < -0.3 is 10.1 Å². The van der Waals surface area contributed by atoms with Gasteiger partial charge in [-0.05, 0) is 37.0 Å². The van der Waals surface area contributed by atoms with E-state index in [1.807, 2.05) is 0 Å². The highest BCUT2D eigenvalue weighted by Gasteiger charge is 2.30. The maximum absolute atomic E-state index is 6.26. The highest BCUT2D eigenvalue weighted by molar-refractivity contribution is 6.30. The third-order valence-electron chi connectivity index (χ3n) is 4.83. The first-order valence-electron chi connectivity index (χ1n) is 7.70. The Balaban J connectivity index is 0.00000132. The molecule has 2 bridgehead atoms. The van der Waals surface area contributed by atoms with Crippen LogP contribution in [0.4, 0.5) is 0 Å². The van der Waals surface area contributed by atoms with E-state index < -0.39 is 0 Å². The fraction of sp³-hybridized carbons (Fsp3) is 0.625. The van der Waals surface area contributed by atoms with E-state index in [1.165, 1.54) is 36.9 Å². The van der Waals surface area contributed by atoms with Crippen molar-refractivity contribution in [3.63, 3.8) is 0 Å². The highest BCUT2D eigenvalue weighted by Crippen LogP contribution is 2.34. The lowest BCUT2D eigenvalue weighted by Gasteiger charge is -2.24. The molecule has 2 saturated heterocycles. The van der Waals surface area contributed by atoms with Gasteiger partial charge in [-0.25, -0.2) is 0 Å². The molecule has 3 aliphatic rings. The molecular formula is C16H22Cl2N2O. The number of halogens is 2. The van der Waals surface area contributed by atoms with Crippen LogP contribution in [0.3, 0.4) is 0 Å². The summed E-state index contributed by atoms with van der Waals surface area (Å²) in [5.41, 5.74) is 2.55. The van der Waals surface area contributed by atoms with Gasteiger partial charge in [0.25, 0.3) is 0 Å². The van der Waals surface area contributed by atoms with E-state index in [-0.39, 0.29) is 12.4 Å². The quantitative estimate of drug-likeness (QED) is 0.903. The lowest BCUT2D eigenvalue weighted by Crippen LogP contribution is -2.35. The molecule has 0 aromatic heterocycles. The van der Waals surface area contributed by atoms with E-state index in [0.717, 1.165) is 42.9 Å². The topological polar surface area (TPSA) is 24.5 Å². The molecule has 0 amide bonds. The van der Waals surface area contributed by atoms with E-state index in [0.29, 0.717) is 6.04 Å². The monoisotopic (exact) mass is 328 g/mol. The molecule has 1 aromatic rings. The first kappa shape index (κ1) is 15.4. The summed E-state index contributed by atoms with van der Waals surface area (Å²) in [5, 5.41) is 4.58. The second-order valence-electron chi connectivity index (χ2n) is 6.31. The summed E-state index contributed by atoms with van der Waals surface area (Å²) < 4.78 is 5.82. The third-order valence-corrected chi connectivity index (χ3v) is 5.04. The van der Waals surface area contributed by atoms with Gasteiger partial charge in [-0.15, -0.1) is 12.4 Å². The second-order valence-corrected chi connectivity index (χ2v) is 6.75. The summed E-state index contributed by atoms with van der Waals surface area (Å²) in [4.78, 5) is 2.56. The molecule has 2 unspecified atom stereocenters. The van der Waals surface area contributed by atoms with Crippen molar-refractivity contribution < 1.29 is 4.74 Å². The number of likely N-dealkylation sites (tertiary alicyclic amines) is 1. The van der Waals surface area contributed by atoms with Gasteiger partial charge in [-0.3, -0.25) is 4.90 Å². The SMILES string of the molecule is Cl.Clc1cc2c(c(CN3CCC4CCC(C3)N4)c1)OCC2. The summed E-state index contributed by atoms with van der Waals surface area (Å²) >= 11 is 6.26. The fourth-order valence-electron chi connectivity index (χ4n) is 3.86. The van der Waals surface area contributed by atoms with Crippen molar-refractivity contribution >= 4 is 24.0 Å². The van der Waals surface area contributed by atoms with Crippen molar-refractivity contribution in [2.75, 3.05) is 19.7 Å². The highest BCUT2D eigenvalue weighted by atomic mass is 35.5. The van der Waals surface area contributed by atoms with Crippen molar-refractivity contribution in [3.05, 3.63) is 28.3 Å². The predicted octanol–water partition coefficient (Wildman–Crippen LogP) is 3.02. The van der Waals surface area contributed by atoms with E-state index in [1.54, 1.807) is 0 Å². The first-order valence-corrected chi connectivity index (χ1v) is 8.08. The number of nitrogens with one attached hydrogen (secondary N) is 1. The number of benzene rings is 1. The lowest BCUT2D eigenvalue weighted by molar-refractivity contribution is 0.246. The predicted molar refractivity (Wildman–Crippen MR) is 87.7 cm³/mol. The van der Waals surface area contributed by atoms with Gasteiger partial charge >= 0.3 is 0 Å².